The highest BCUT2D eigenvalue weighted by Crippen LogP contribution is 2.28. The highest BCUT2D eigenvalue weighted by atomic mass is 16.5. The van der Waals surface area contributed by atoms with E-state index >= 15 is 0 Å². The Morgan fingerprint density at radius 1 is 1.41 bits per heavy atom. The molecule has 5 heteroatoms. The van der Waals surface area contributed by atoms with E-state index in [1.807, 2.05) is 36.9 Å². The van der Waals surface area contributed by atoms with Gasteiger partial charge in [0.1, 0.15) is 0 Å². The maximum atomic E-state index is 12.5. The van der Waals surface area contributed by atoms with E-state index in [-0.39, 0.29) is 24.6 Å². The third-order valence-electron chi connectivity index (χ3n) is 4.15. The van der Waals surface area contributed by atoms with Crippen LogP contribution in [-0.4, -0.2) is 43.2 Å². The standard InChI is InChI=1S/C17H26N2O3/c1-12-7-8-15(16(10-12)21-3)22-11-17(20)19-9-5-4-6-14(19)13(2)18/h7-8,10,13-14H,4-6,9,11,18H2,1-3H3. The molecule has 2 N–H and O–H groups in total. The molecule has 22 heavy (non-hydrogen) atoms. The normalized spacial score (nSPS) is 19.6. The van der Waals surface area contributed by atoms with Crippen LogP contribution >= 0.6 is 0 Å². The van der Waals surface area contributed by atoms with Crippen molar-refractivity contribution >= 4 is 5.91 Å². The Kier molecular flexibility index (Phi) is 5.66. The van der Waals surface area contributed by atoms with E-state index in [4.69, 9.17) is 15.2 Å². The molecule has 0 saturated carbocycles. The summed E-state index contributed by atoms with van der Waals surface area (Å²) < 4.78 is 11.0. The van der Waals surface area contributed by atoms with Crippen molar-refractivity contribution in [2.45, 2.75) is 45.2 Å². The van der Waals surface area contributed by atoms with Gasteiger partial charge in [-0.2, -0.15) is 0 Å². The zero-order valence-corrected chi connectivity index (χ0v) is 13.7. The number of carbonyl (C=O) groups is 1. The number of amides is 1. The minimum atomic E-state index is -0.0156. The number of piperidine rings is 1. The molecule has 0 radical (unpaired) electrons. The van der Waals surface area contributed by atoms with Gasteiger partial charge < -0.3 is 20.1 Å². The summed E-state index contributed by atoms with van der Waals surface area (Å²) in [4.78, 5) is 14.3. The minimum Gasteiger partial charge on any atom is -0.493 e. The van der Waals surface area contributed by atoms with Crippen molar-refractivity contribution in [3.05, 3.63) is 23.8 Å². The molecule has 2 atom stereocenters. The van der Waals surface area contributed by atoms with E-state index in [0.717, 1.165) is 31.4 Å². The Hall–Kier alpha value is -1.75. The molecule has 1 aromatic carbocycles. The molecular weight excluding hydrogens is 280 g/mol. The zero-order chi connectivity index (χ0) is 16.1. The Bertz CT molecular complexity index is 517. The number of methoxy groups -OCH3 is 1. The van der Waals surface area contributed by atoms with E-state index in [9.17, 15) is 4.79 Å². The highest BCUT2D eigenvalue weighted by molar-refractivity contribution is 5.78. The van der Waals surface area contributed by atoms with Gasteiger partial charge in [0.25, 0.3) is 5.91 Å². The van der Waals surface area contributed by atoms with Gasteiger partial charge in [-0.05, 0) is 50.8 Å². The smallest absolute Gasteiger partial charge is 0.260 e. The molecular formula is C17H26N2O3. The van der Waals surface area contributed by atoms with E-state index in [0.29, 0.717) is 11.5 Å². The Balaban J connectivity index is 2.00. The lowest BCUT2D eigenvalue weighted by molar-refractivity contribution is -0.137. The van der Waals surface area contributed by atoms with Crippen LogP contribution < -0.4 is 15.2 Å². The first kappa shape index (κ1) is 16.6. The Morgan fingerprint density at radius 2 is 2.18 bits per heavy atom. The summed E-state index contributed by atoms with van der Waals surface area (Å²) >= 11 is 0. The number of benzene rings is 1. The van der Waals surface area contributed by atoms with Crippen LogP contribution in [0, 0.1) is 6.92 Å². The Labute approximate surface area is 132 Å². The number of likely N-dealkylation sites (tertiary alicyclic amines) is 1. The van der Waals surface area contributed by atoms with Crippen LogP contribution in [0.5, 0.6) is 11.5 Å². The summed E-state index contributed by atoms with van der Waals surface area (Å²) in [6, 6.07) is 5.77. The van der Waals surface area contributed by atoms with Crippen molar-refractivity contribution in [1.82, 2.24) is 4.90 Å². The van der Waals surface area contributed by atoms with Crippen LogP contribution in [0.3, 0.4) is 0 Å². The fourth-order valence-corrected chi connectivity index (χ4v) is 2.93. The number of carbonyl (C=O) groups excluding carboxylic acids is 1. The lowest BCUT2D eigenvalue weighted by Gasteiger charge is -2.38. The molecule has 0 bridgehead atoms. The maximum absolute atomic E-state index is 12.5. The van der Waals surface area contributed by atoms with Gasteiger partial charge in [-0.3, -0.25) is 4.79 Å². The van der Waals surface area contributed by atoms with Gasteiger partial charge in [-0.25, -0.2) is 0 Å². The summed E-state index contributed by atoms with van der Waals surface area (Å²) in [7, 11) is 1.60. The van der Waals surface area contributed by atoms with Crippen LogP contribution in [0.25, 0.3) is 0 Å². The first-order chi connectivity index (χ1) is 10.5. The second-order valence-electron chi connectivity index (χ2n) is 5.95. The quantitative estimate of drug-likeness (QED) is 0.905. The van der Waals surface area contributed by atoms with Gasteiger partial charge >= 0.3 is 0 Å². The van der Waals surface area contributed by atoms with Gasteiger partial charge in [-0.1, -0.05) is 6.07 Å². The number of ether oxygens (including phenoxy) is 2. The van der Waals surface area contributed by atoms with E-state index < -0.39 is 0 Å². The summed E-state index contributed by atoms with van der Waals surface area (Å²) in [5.41, 5.74) is 7.10. The number of nitrogens with two attached hydrogens (primary N) is 1. The first-order valence-electron chi connectivity index (χ1n) is 7.85. The molecule has 0 aromatic heterocycles. The minimum absolute atomic E-state index is 0.00960. The number of hydrogen-bond acceptors (Lipinski definition) is 4. The number of hydrogen-bond donors (Lipinski definition) is 1. The lowest BCUT2D eigenvalue weighted by Crippen LogP contribution is -2.52. The molecule has 122 valence electrons. The topological polar surface area (TPSA) is 64.8 Å². The van der Waals surface area contributed by atoms with Crippen molar-refractivity contribution in [3.63, 3.8) is 0 Å². The molecule has 2 rings (SSSR count). The van der Waals surface area contributed by atoms with E-state index in [1.165, 1.54) is 0 Å². The van der Waals surface area contributed by atoms with Gasteiger partial charge in [-0.15, -0.1) is 0 Å². The third kappa shape index (κ3) is 3.91. The van der Waals surface area contributed by atoms with Crippen LogP contribution in [0.15, 0.2) is 18.2 Å². The van der Waals surface area contributed by atoms with Crippen molar-refractivity contribution < 1.29 is 14.3 Å². The molecule has 1 aliphatic heterocycles. The average Bonchev–Trinajstić information content (AvgIpc) is 2.53. The largest absolute Gasteiger partial charge is 0.493 e. The number of rotatable bonds is 5. The summed E-state index contributed by atoms with van der Waals surface area (Å²) in [5.74, 6) is 1.23. The van der Waals surface area contributed by atoms with Crippen LogP contribution in [0.2, 0.25) is 0 Å². The second kappa shape index (κ2) is 7.49. The van der Waals surface area contributed by atoms with Crippen molar-refractivity contribution in [2.24, 2.45) is 5.73 Å². The van der Waals surface area contributed by atoms with Gasteiger partial charge in [0.15, 0.2) is 18.1 Å². The third-order valence-corrected chi connectivity index (χ3v) is 4.15. The van der Waals surface area contributed by atoms with Crippen molar-refractivity contribution in [1.29, 1.82) is 0 Å². The predicted octanol–water partition coefficient (Wildman–Crippen LogP) is 2.11. The average molecular weight is 306 g/mol. The fraction of sp³-hybridized carbons (Fsp3) is 0.588. The maximum Gasteiger partial charge on any atom is 0.260 e. The number of aryl methyl sites for hydroxylation is 1. The van der Waals surface area contributed by atoms with Crippen molar-refractivity contribution in [3.8, 4) is 11.5 Å². The molecule has 1 fully saturated rings. The second-order valence-corrected chi connectivity index (χ2v) is 5.95. The molecule has 1 saturated heterocycles. The molecule has 2 unspecified atom stereocenters. The monoisotopic (exact) mass is 306 g/mol. The summed E-state index contributed by atoms with van der Waals surface area (Å²) in [5, 5.41) is 0. The zero-order valence-electron chi connectivity index (χ0n) is 13.7. The van der Waals surface area contributed by atoms with Crippen molar-refractivity contribution in [2.75, 3.05) is 20.3 Å². The van der Waals surface area contributed by atoms with Crippen LogP contribution in [-0.2, 0) is 4.79 Å². The fourth-order valence-electron chi connectivity index (χ4n) is 2.93. The molecule has 5 nitrogen and oxygen atoms in total. The van der Waals surface area contributed by atoms with E-state index in [2.05, 4.69) is 0 Å². The van der Waals surface area contributed by atoms with Gasteiger partial charge in [0, 0.05) is 18.6 Å². The highest BCUT2D eigenvalue weighted by Gasteiger charge is 2.29. The van der Waals surface area contributed by atoms with Crippen LogP contribution in [0.1, 0.15) is 31.7 Å². The molecule has 1 heterocycles. The molecule has 1 aliphatic rings. The molecule has 0 aliphatic carbocycles. The first-order valence-corrected chi connectivity index (χ1v) is 7.85. The predicted molar refractivity (Wildman–Crippen MR) is 86.2 cm³/mol. The number of nitrogens with zero attached hydrogens (tertiary/aromatic N) is 1. The molecule has 1 aromatic rings. The van der Waals surface area contributed by atoms with Crippen LogP contribution in [0.4, 0.5) is 0 Å². The van der Waals surface area contributed by atoms with E-state index in [1.54, 1.807) is 7.11 Å². The summed E-state index contributed by atoms with van der Waals surface area (Å²) in [6.45, 7) is 4.72. The Morgan fingerprint density at radius 3 is 2.86 bits per heavy atom. The SMILES string of the molecule is COc1cc(C)ccc1OCC(=O)N1CCCCC1C(C)N. The van der Waals surface area contributed by atoms with Gasteiger partial charge in [0.05, 0.1) is 7.11 Å². The summed E-state index contributed by atoms with van der Waals surface area (Å²) in [6.07, 6.45) is 3.13. The van der Waals surface area contributed by atoms with Gasteiger partial charge in [0.2, 0.25) is 0 Å². The molecule has 0 spiro atoms. The molecule has 1 amide bonds. The lowest BCUT2D eigenvalue weighted by atomic mass is 9.97.